The van der Waals surface area contributed by atoms with E-state index < -0.39 is 6.03 Å². The molecule has 4 amide bonds. The second kappa shape index (κ2) is 8.89. The highest BCUT2D eigenvalue weighted by Gasteiger charge is 2.29. The standard InChI is InChI=1S/C18H25ClN4O3/c1-4-7-23-10-13(9-16(23)24)21-18(26)22-15-8-12(5-6-14(15)19)17(25)20-11(2)3/h5-6,8,11,13H,4,7,9-10H2,1-3H3,(H,20,25)(H2,21,22,26)/t13-/m1/s1. The summed E-state index contributed by atoms with van der Waals surface area (Å²) in [5.74, 6) is -0.195. The van der Waals surface area contributed by atoms with Gasteiger partial charge in [0.15, 0.2) is 0 Å². The number of carbonyl (C=O) groups excluding carboxylic acids is 3. The summed E-state index contributed by atoms with van der Waals surface area (Å²) in [7, 11) is 0. The highest BCUT2D eigenvalue weighted by Crippen LogP contribution is 2.23. The maximum absolute atomic E-state index is 12.2. The van der Waals surface area contributed by atoms with Crippen LogP contribution in [0.15, 0.2) is 18.2 Å². The monoisotopic (exact) mass is 380 g/mol. The molecule has 1 saturated heterocycles. The highest BCUT2D eigenvalue weighted by molar-refractivity contribution is 6.33. The smallest absolute Gasteiger partial charge is 0.319 e. The Bertz CT molecular complexity index is 693. The number of amides is 4. The lowest BCUT2D eigenvalue weighted by Gasteiger charge is -2.17. The van der Waals surface area contributed by atoms with E-state index in [4.69, 9.17) is 11.6 Å². The van der Waals surface area contributed by atoms with Gasteiger partial charge in [-0.05, 0) is 38.5 Å². The van der Waals surface area contributed by atoms with Gasteiger partial charge in [-0.15, -0.1) is 0 Å². The molecule has 142 valence electrons. The molecule has 1 fully saturated rings. The second-order valence-corrected chi connectivity index (χ2v) is 7.07. The van der Waals surface area contributed by atoms with Gasteiger partial charge in [-0.2, -0.15) is 0 Å². The summed E-state index contributed by atoms with van der Waals surface area (Å²) < 4.78 is 0. The van der Waals surface area contributed by atoms with Crippen molar-refractivity contribution in [1.29, 1.82) is 0 Å². The van der Waals surface area contributed by atoms with Crippen LogP contribution in [0.5, 0.6) is 0 Å². The van der Waals surface area contributed by atoms with Crippen LogP contribution in [0.2, 0.25) is 5.02 Å². The minimum atomic E-state index is -0.454. The van der Waals surface area contributed by atoms with Crippen molar-refractivity contribution in [3.63, 3.8) is 0 Å². The maximum atomic E-state index is 12.2. The maximum Gasteiger partial charge on any atom is 0.319 e. The van der Waals surface area contributed by atoms with Gasteiger partial charge in [0.1, 0.15) is 0 Å². The minimum Gasteiger partial charge on any atom is -0.350 e. The Morgan fingerprint density at radius 2 is 2.08 bits per heavy atom. The van der Waals surface area contributed by atoms with Gasteiger partial charge in [0.05, 0.1) is 16.8 Å². The molecular weight excluding hydrogens is 356 g/mol. The second-order valence-electron chi connectivity index (χ2n) is 6.66. The Hall–Kier alpha value is -2.28. The third-order valence-corrected chi connectivity index (χ3v) is 4.27. The number of hydrogen-bond acceptors (Lipinski definition) is 3. The first-order chi connectivity index (χ1) is 12.3. The van der Waals surface area contributed by atoms with Gasteiger partial charge >= 0.3 is 6.03 Å². The van der Waals surface area contributed by atoms with Gasteiger partial charge in [0.25, 0.3) is 5.91 Å². The van der Waals surface area contributed by atoms with E-state index in [2.05, 4.69) is 16.0 Å². The number of nitrogens with zero attached hydrogens (tertiary/aromatic N) is 1. The van der Waals surface area contributed by atoms with E-state index in [1.54, 1.807) is 17.0 Å². The molecule has 0 spiro atoms. The Morgan fingerprint density at radius 1 is 1.35 bits per heavy atom. The molecule has 26 heavy (non-hydrogen) atoms. The first kappa shape index (κ1) is 20.0. The van der Waals surface area contributed by atoms with E-state index >= 15 is 0 Å². The van der Waals surface area contributed by atoms with Crippen LogP contribution in [0, 0.1) is 0 Å². The normalized spacial score (nSPS) is 16.7. The van der Waals surface area contributed by atoms with E-state index in [1.807, 2.05) is 20.8 Å². The fourth-order valence-corrected chi connectivity index (χ4v) is 2.97. The van der Waals surface area contributed by atoms with Crippen molar-refractivity contribution in [2.75, 3.05) is 18.4 Å². The van der Waals surface area contributed by atoms with Gasteiger partial charge in [0, 0.05) is 31.1 Å². The Labute approximate surface area is 158 Å². The Balaban J connectivity index is 1.98. The number of nitrogens with one attached hydrogen (secondary N) is 3. The molecule has 1 heterocycles. The Kier molecular flexibility index (Phi) is 6.85. The van der Waals surface area contributed by atoms with Crippen molar-refractivity contribution in [2.24, 2.45) is 0 Å². The average Bonchev–Trinajstić information content (AvgIpc) is 2.88. The molecule has 2 rings (SSSR count). The highest BCUT2D eigenvalue weighted by atomic mass is 35.5. The van der Waals surface area contributed by atoms with Gasteiger partial charge in [-0.3, -0.25) is 9.59 Å². The Morgan fingerprint density at radius 3 is 2.73 bits per heavy atom. The van der Waals surface area contributed by atoms with Crippen molar-refractivity contribution < 1.29 is 14.4 Å². The predicted molar refractivity (Wildman–Crippen MR) is 101 cm³/mol. The number of anilines is 1. The topological polar surface area (TPSA) is 90.5 Å². The summed E-state index contributed by atoms with van der Waals surface area (Å²) in [6.07, 6.45) is 1.17. The first-order valence-corrected chi connectivity index (χ1v) is 9.13. The zero-order valence-corrected chi connectivity index (χ0v) is 16.0. The molecule has 8 heteroatoms. The van der Waals surface area contributed by atoms with Gasteiger partial charge < -0.3 is 20.9 Å². The van der Waals surface area contributed by atoms with Crippen LogP contribution < -0.4 is 16.0 Å². The molecule has 1 aromatic rings. The molecule has 7 nitrogen and oxygen atoms in total. The first-order valence-electron chi connectivity index (χ1n) is 8.75. The molecule has 1 aliphatic heterocycles. The summed E-state index contributed by atoms with van der Waals surface area (Å²) in [5.41, 5.74) is 0.749. The molecule has 0 aliphatic carbocycles. The lowest BCUT2D eigenvalue weighted by Crippen LogP contribution is -2.39. The van der Waals surface area contributed by atoms with Crippen LogP contribution in [-0.2, 0) is 4.79 Å². The van der Waals surface area contributed by atoms with E-state index in [1.165, 1.54) is 6.07 Å². The molecule has 0 saturated carbocycles. The van der Waals surface area contributed by atoms with Crippen LogP contribution in [0.25, 0.3) is 0 Å². The van der Waals surface area contributed by atoms with Crippen molar-refractivity contribution in [1.82, 2.24) is 15.5 Å². The van der Waals surface area contributed by atoms with Crippen molar-refractivity contribution >= 4 is 35.1 Å². The zero-order chi connectivity index (χ0) is 19.3. The van der Waals surface area contributed by atoms with Crippen molar-refractivity contribution in [3.05, 3.63) is 28.8 Å². The summed E-state index contributed by atoms with van der Waals surface area (Å²) in [6.45, 7) is 6.93. The van der Waals surface area contributed by atoms with Crippen LogP contribution in [-0.4, -0.2) is 47.9 Å². The molecule has 1 aliphatic rings. The number of hydrogen-bond donors (Lipinski definition) is 3. The number of halogens is 1. The molecule has 1 aromatic carbocycles. The zero-order valence-electron chi connectivity index (χ0n) is 15.3. The molecule has 0 radical (unpaired) electrons. The van der Waals surface area contributed by atoms with E-state index in [0.29, 0.717) is 29.4 Å². The summed E-state index contributed by atoms with van der Waals surface area (Å²) >= 11 is 6.12. The van der Waals surface area contributed by atoms with Gasteiger partial charge in [-0.1, -0.05) is 18.5 Å². The number of likely N-dealkylation sites (tertiary alicyclic amines) is 1. The molecule has 3 N–H and O–H groups in total. The summed E-state index contributed by atoms with van der Waals surface area (Å²) in [4.78, 5) is 37.9. The van der Waals surface area contributed by atoms with Crippen molar-refractivity contribution in [2.45, 2.75) is 45.7 Å². The largest absolute Gasteiger partial charge is 0.350 e. The number of rotatable bonds is 6. The number of benzene rings is 1. The average molecular weight is 381 g/mol. The lowest BCUT2D eigenvalue weighted by atomic mass is 10.1. The molecule has 1 atom stereocenters. The quantitative estimate of drug-likeness (QED) is 0.708. The molecule has 0 bridgehead atoms. The minimum absolute atomic E-state index is 0.00357. The van der Waals surface area contributed by atoms with E-state index in [9.17, 15) is 14.4 Å². The molecule has 0 aromatic heterocycles. The predicted octanol–water partition coefficient (Wildman–Crippen LogP) is 2.61. The van der Waals surface area contributed by atoms with Gasteiger partial charge in [-0.25, -0.2) is 4.79 Å². The lowest BCUT2D eigenvalue weighted by molar-refractivity contribution is -0.127. The fraction of sp³-hybridized carbons (Fsp3) is 0.500. The van der Waals surface area contributed by atoms with E-state index in [0.717, 1.165) is 6.42 Å². The fourth-order valence-electron chi connectivity index (χ4n) is 2.81. The molecular formula is C18H25ClN4O3. The third kappa shape index (κ3) is 5.36. The molecule has 0 unspecified atom stereocenters. The summed E-state index contributed by atoms with van der Waals surface area (Å²) in [5, 5.41) is 8.55. The number of urea groups is 1. The van der Waals surface area contributed by atoms with Crippen LogP contribution in [0.4, 0.5) is 10.5 Å². The SMILES string of the molecule is CCCN1C[C@H](NC(=O)Nc2cc(C(=O)NC(C)C)ccc2Cl)CC1=O. The van der Waals surface area contributed by atoms with E-state index in [-0.39, 0.29) is 30.3 Å². The van der Waals surface area contributed by atoms with Gasteiger partial charge in [0.2, 0.25) is 5.91 Å². The third-order valence-electron chi connectivity index (χ3n) is 3.94. The summed E-state index contributed by atoms with van der Waals surface area (Å²) in [6, 6.07) is 4.01. The van der Waals surface area contributed by atoms with Crippen LogP contribution >= 0.6 is 11.6 Å². The number of carbonyl (C=O) groups is 3. The van der Waals surface area contributed by atoms with Crippen LogP contribution in [0.1, 0.15) is 44.0 Å². The van der Waals surface area contributed by atoms with Crippen LogP contribution in [0.3, 0.4) is 0 Å². The van der Waals surface area contributed by atoms with Crippen molar-refractivity contribution in [3.8, 4) is 0 Å².